The van der Waals surface area contributed by atoms with E-state index >= 15 is 0 Å². The molecular weight excluding hydrogens is 230 g/mol. The number of hydrogen-bond acceptors (Lipinski definition) is 3. The number of anilines is 1. The summed E-state index contributed by atoms with van der Waals surface area (Å²) in [5.41, 5.74) is 1.38. The third-order valence-corrected chi connectivity index (χ3v) is 2.72. The molecule has 0 fully saturated rings. The Kier molecular flexibility index (Phi) is 3.32. The minimum atomic E-state index is -0.0896. The molecule has 0 atom stereocenters. The van der Waals surface area contributed by atoms with E-state index in [1.807, 2.05) is 24.3 Å². The maximum Gasteiger partial charge on any atom is 0.261 e. The monoisotopic (exact) mass is 245 g/mol. The van der Waals surface area contributed by atoms with Gasteiger partial charge in [-0.05, 0) is 24.3 Å². The van der Waals surface area contributed by atoms with E-state index in [1.54, 1.807) is 43.2 Å². The lowest BCUT2D eigenvalue weighted by Gasteiger charge is -2.16. The topological polar surface area (TPSA) is 47.4 Å². The summed E-state index contributed by atoms with van der Waals surface area (Å²) in [5.74, 6) is 0.675. The Morgan fingerprint density at radius 1 is 1.33 bits per heavy atom. The van der Waals surface area contributed by atoms with Crippen LogP contribution in [0, 0.1) is 0 Å². The molecule has 18 heavy (non-hydrogen) atoms. The zero-order valence-corrected chi connectivity index (χ0v) is 10.6. The highest BCUT2D eigenvalue weighted by atomic mass is 16.5. The number of nitrogens with zero attached hydrogens (tertiary/aromatic N) is 3. The second kappa shape index (κ2) is 4.91. The number of ether oxygens (including phenoxy) is 1. The SMILES string of the molecule is COc1ccc(N(C)C(=O)c2cnn(C)c2)cc1. The van der Waals surface area contributed by atoms with Crippen molar-refractivity contribution in [2.24, 2.45) is 7.05 Å². The maximum absolute atomic E-state index is 12.2. The van der Waals surface area contributed by atoms with E-state index in [0.29, 0.717) is 5.56 Å². The predicted molar refractivity (Wildman–Crippen MR) is 68.9 cm³/mol. The minimum Gasteiger partial charge on any atom is -0.497 e. The molecule has 0 bridgehead atoms. The maximum atomic E-state index is 12.2. The molecule has 2 aromatic rings. The number of rotatable bonds is 3. The first kappa shape index (κ1) is 12.2. The van der Waals surface area contributed by atoms with E-state index in [1.165, 1.54) is 0 Å². The second-order valence-electron chi connectivity index (χ2n) is 3.96. The number of hydrogen-bond donors (Lipinski definition) is 0. The molecule has 0 unspecified atom stereocenters. The molecule has 1 amide bonds. The van der Waals surface area contributed by atoms with Crippen molar-refractivity contribution in [1.82, 2.24) is 9.78 Å². The average Bonchev–Trinajstić information content (AvgIpc) is 2.84. The lowest BCUT2D eigenvalue weighted by Crippen LogP contribution is -2.25. The van der Waals surface area contributed by atoms with Gasteiger partial charge in [0.05, 0.1) is 18.9 Å². The Bertz CT molecular complexity index is 546. The zero-order valence-electron chi connectivity index (χ0n) is 10.6. The van der Waals surface area contributed by atoms with Gasteiger partial charge in [0.1, 0.15) is 5.75 Å². The Balaban J connectivity index is 2.19. The van der Waals surface area contributed by atoms with Crippen molar-refractivity contribution < 1.29 is 9.53 Å². The fourth-order valence-electron chi connectivity index (χ4n) is 1.65. The van der Waals surface area contributed by atoms with Gasteiger partial charge in [-0.25, -0.2) is 0 Å². The van der Waals surface area contributed by atoms with Crippen molar-refractivity contribution in [2.75, 3.05) is 19.1 Å². The summed E-state index contributed by atoms with van der Waals surface area (Å²) in [6.07, 6.45) is 3.25. The van der Waals surface area contributed by atoms with Crippen LogP contribution in [0.25, 0.3) is 0 Å². The minimum absolute atomic E-state index is 0.0896. The number of carbonyl (C=O) groups excluding carboxylic acids is 1. The molecule has 0 saturated carbocycles. The zero-order chi connectivity index (χ0) is 13.1. The highest BCUT2D eigenvalue weighted by molar-refractivity contribution is 6.05. The highest BCUT2D eigenvalue weighted by Crippen LogP contribution is 2.19. The summed E-state index contributed by atoms with van der Waals surface area (Å²) in [6, 6.07) is 7.32. The quantitative estimate of drug-likeness (QED) is 0.827. The fraction of sp³-hybridized carbons (Fsp3) is 0.231. The van der Waals surface area contributed by atoms with E-state index in [4.69, 9.17) is 4.74 Å². The molecule has 0 aliphatic rings. The van der Waals surface area contributed by atoms with Gasteiger partial charge in [-0.1, -0.05) is 0 Å². The summed E-state index contributed by atoms with van der Waals surface area (Å²) in [6.45, 7) is 0. The van der Waals surface area contributed by atoms with Crippen LogP contribution >= 0.6 is 0 Å². The summed E-state index contributed by atoms with van der Waals surface area (Å²) >= 11 is 0. The number of aromatic nitrogens is 2. The van der Waals surface area contributed by atoms with Gasteiger partial charge in [0, 0.05) is 26.0 Å². The second-order valence-corrected chi connectivity index (χ2v) is 3.96. The standard InChI is InChI=1S/C13H15N3O2/c1-15-9-10(8-14-15)13(17)16(2)11-4-6-12(18-3)7-5-11/h4-9H,1-3H3. The number of methoxy groups -OCH3 is 1. The van der Waals surface area contributed by atoms with Crippen molar-refractivity contribution in [1.29, 1.82) is 0 Å². The summed E-state index contributed by atoms with van der Waals surface area (Å²) in [5, 5.41) is 3.99. The van der Waals surface area contributed by atoms with Crippen LogP contribution < -0.4 is 9.64 Å². The molecule has 1 aromatic carbocycles. The number of amides is 1. The number of benzene rings is 1. The Morgan fingerprint density at radius 2 is 2.00 bits per heavy atom. The molecule has 1 heterocycles. The average molecular weight is 245 g/mol. The van der Waals surface area contributed by atoms with E-state index in [9.17, 15) is 4.79 Å². The van der Waals surface area contributed by atoms with Gasteiger partial charge < -0.3 is 9.64 Å². The summed E-state index contributed by atoms with van der Waals surface area (Å²) in [4.78, 5) is 13.7. The first-order valence-corrected chi connectivity index (χ1v) is 5.52. The van der Waals surface area contributed by atoms with Gasteiger partial charge in [0.2, 0.25) is 0 Å². The Hall–Kier alpha value is -2.30. The molecule has 0 aliphatic heterocycles. The smallest absolute Gasteiger partial charge is 0.261 e. The van der Waals surface area contributed by atoms with Crippen molar-refractivity contribution in [2.45, 2.75) is 0 Å². The molecule has 2 rings (SSSR count). The number of aryl methyl sites for hydroxylation is 1. The molecule has 0 aliphatic carbocycles. The predicted octanol–water partition coefficient (Wildman–Crippen LogP) is 1.71. The summed E-state index contributed by atoms with van der Waals surface area (Å²) < 4.78 is 6.69. The lowest BCUT2D eigenvalue weighted by molar-refractivity contribution is 0.0993. The van der Waals surface area contributed by atoms with Gasteiger partial charge in [0.15, 0.2) is 0 Å². The summed E-state index contributed by atoms with van der Waals surface area (Å²) in [7, 11) is 5.13. The van der Waals surface area contributed by atoms with Gasteiger partial charge in [0.25, 0.3) is 5.91 Å². The molecule has 0 N–H and O–H groups in total. The third kappa shape index (κ3) is 2.34. The van der Waals surface area contributed by atoms with Crippen molar-refractivity contribution >= 4 is 11.6 Å². The molecule has 5 heteroatoms. The molecule has 1 aromatic heterocycles. The van der Waals surface area contributed by atoms with Crippen LogP contribution in [0.5, 0.6) is 5.75 Å². The Labute approximate surface area is 106 Å². The largest absolute Gasteiger partial charge is 0.497 e. The van der Waals surface area contributed by atoms with Gasteiger partial charge in [-0.3, -0.25) is 9.48 Å². The molecule has 5 nitrogen and oxygen atoms in total. The van der Waals surface area contributed by atoms with Crippen LogP contribution in [0.3, 0.4) is 0 Å². The van der Waals surface area contributed by atoms with Crippen LogP contribution in [0.2, 0.25) is 0 Å². The Morgan fingerprint density at radius 3 is 2.50 bits per heavy atom. The normalized spacial score (nSPS) is 10.2. The highest BCUT2D eigenvalue weighted by Gasteiger charge is 2.14. The van der Waals surface area contributed by atoms with Gasteiger partial charge >= 0.3 is 0 Å². The number of carbonyl (C=O) groups is 1. The van der Waals surface area contributed by atoms with Crippen LogP contribution in [0.1, 0.15) is 10.4 Å². The fourth-order valence-corrected chi connectivity index (χ4v) is 1.65. The first-order valence-electron chi connectivity index (χ1n) is 5.52. The molecular formula is C13H15N3O2. The van der Waals surface area contributed by atoms with Crippen molar-refractivity contribution in [3.8, 4) is 5.75 Å². The van der Waals surface area contributed by atoms with Crippen LogP contribution in [0.15, 0.2) is 36.7 Å². The van der Waals surface area contributed by atoms with E-state index in [2.05, 4.69) is 5.10 Å². The molecule has 0 spiro atoms. The first-order chi connectivity index (χ1) is 8.61. The molecule has 94 valence electrons. The molecule has 0 radical (unpaired) electrons. The van der Waals surface area contributed by atoms with Gasteiger partial charge in [-0.15, -0.1) is 0 Å². The van der Waals surface area contributed by atoms with Crippen LogP contribution in [-0.4, -0.2) is 29.8 Å². The van der Waals surface area contributed by atoms with E-state index in [-0.39, 0.29) is 5.91 Å². The third-order valence-electron chi connectivity index (χ3n) is 2.72. The lowest BCUT2D eigenvalue weighted by atomic mass is 10.2. The van der Waals surface area contributed by atoms with Gasteiger partial charge in [-0.2, -0.15) is 5.10 Å². The van der Waals surface area contributed by atoms with E-state index in [0.717, 1.165) is 11.4 Å². The molecule has 0 saturated heterocycles. The van der Waals surface area contributed by atoms with Crippen molar-refractivity contribution in [3.63, 3.8) is 0 Å². The van der Waals surface area contributed by atoms with Crippen LogP contribution in [-0.2, 0) is 7.05 Å². The van der Waals surface area contributed by atoms with E-state index < -0.39 is 0 Å². The van der Waals surface area contributed by atoms with Crippen molar-refractivity contribution in [3.05, 3.63) is 42.2 Å². The van der Waals surface area contributed by atoms with Crippen LogP contribution in [0.4, 0.5) is 5.69 Å².